The van der Waals surface area contributed by atoms with E-state index in [1.807, 2.05) is 32.8 Å². The van der Waals surface area contributed by atoms with E-state index in [9.17, 15) is 24.3 Å². The molecule has 0 aromatic carbocycles. The molecule has 4 aliphatic heterocycles. The van der Waals surface area contributed by atoms with Crippen LogP contribution in [0.4, 0.5) is 0 Å². The second-order valence-electron chi connectivity index (χ2n) is 14.7. The molecule has 4 rings (SSSR count). The van der Waals surface area contributed by atoms with Gasteiger partial charge in [-0.1, -0.05) is 27.4 Å². The van der Waals surface area contributed by atoms with Crippen molar-refractivity contribution in [3.63, 3.8) is 0 Å². The van der Waals surface area contributed by atoms with Crippen molar-refractivity contribution in [2.24, 2.45) is 17.8 Å². The zero-order chi connectivity index (χ0) is 36.3. The number of hydrogen-bond donors (Lipinski definition) is 2. The summed E-state index contributed by atoms with van der Waals surface area (Å²) in [5.41, 5.74) is -2.58. The van der Waals surface area contributed by atoms with Gasteiger partial charge in [0.2, 0.25) is 5.91 Å². The molecule has 2 bridgehead atoms. The molecule has 4 aliphatic rings. The van der Waals surface area contributed by atoms with Gasteiger partial charge in [-0.15, -0.1) is 0 Å². The third-order valence-electron chi connectivity index (χ3n) is 10.0. The summed E-state index contributed by atoms with van der Waals surface area (Å²) in [7, 11) is 3.75. The fraction of sp³-hybridized carbons (Fsp3) is 0.829. The molecule has 0 aliphatic carbocycles. The number of esters is 2. The Labute approximate surface area is 285 Å². The Bertz CT molecular complexity index is 1190. The lowest BCUT2D eigenvalue weighted by molar-refractivity contribution is -0.299. The first-order valence-electron chi connectivity index (χ1n) is 17.1. The van der Waals surface area contributed by atoms with Gasteiger partial charge < -0.3 is 43.7 Å². The van der Waals surface area contributed by atoms with Crippen molar-refractivity contribution in [2.75, 3.05) is 27.3 Å². The van der Waals surface area contributed by atoms with E-state index in [1.165, 1.54) is 20.8 Å². The Hall–Kier alpha value is -2.42. The highest BCUT2D eigenvalue weighted by Crippen LogP contribution is 2.38. The lowest BCUT2D eigenvalue weighted by atomic mass is 9.79. The molecule has 2 N–H and O–H groups in total. The van der Waals surface area contributed by atoms with Crippen molar-refractivity contribution in [3.8, 4) is 0 Å². The minimum absolute atomic E-state index is 0.000997. The van der Waals surface area contributed by atoms with Gasteiger partial charge in [-0.3, -0.25) is 19.2 Å². The summed E-state index contributed by atoms with van der Waals surface area (Å²) in [4.78, 5) is 55.8. The Balaban J connectivity index is 2.23. The van der Waals surface area contributed by atoms with E-state index in [-0.39, 0.29) is 44.1 Å². The SMILES string of the molecule is C=C1CO[C@@H]2[C@@H](C)C(=O)N[C@H](C)C[C@@](C)(OC1)[C@H](O[C@@H]1O[C@H](C)C[C@H](N(C)C)[C@H]1OC(C)=O)[C@@H](C)C(=O)[C@@H](C)C(=O)O[C@H](CC)[C@@]2(C)O. The highest BCUT2D eigenvalue weighted by atomic mass is 16.7. The van der Waals surface area contributed by atoms with E-state index < -0.39 is 83.4 Å². The molecule has 13 heteroatoms. The summed E-state index contributed by atoms with van der Waals surface area (Å²) < 4.78 is 37.4. The molecular formula is C35H58N2O11. The van der Waals surface area contributed by atoms with Gasteiger partial charge in [0, 0.05) is 18.9 Å². The van der Waals surface area contributed by atoms with Crippen LogP contribution in [0.25, 0.3) is 0 Å². The van der Waals surface area contributed by atoms with Crippen LogP contribution >= 0.6 is 0 Å². The summed E-state index contributed by atoms with van der Waals surface area (Å²) >= 11 is 0. The standard InChI is InChI=1S/C35H58N2O11/c1-13-26-35(10,42)30-23(7)31(40)36-19(3)15-34(9,44-17-18(2)16-43-30)29(21(5)27(39)22(6)32(41)47-26)48-33-28(46-24(8)38)25(37(11)12)14-20(4)45-33/h19-23,25-26,28-30,33,42H,2,13-17H2,1,3-12H3,(H,36,40)/t19-,20-,21+,22-,23-,25+,26-,28-,29-,30-,33+,34-,35-/m1/s1. The van der Waals surface area contributed by atoms with Gasteiger partial charge in [0.1, 0.15) is 23.7 Å². The molecule has 0 radical (unpaired) electrons. The number of Topliss-reactive ketones (excluding diaryl/α,β-unsaturated/α-hetero) is 1. The van der Waals surface area contributed by atoms with E-state index in [1.54, 1.807) is 27.7 Å². The maximum absolute atomic E-state index is 14.2. The van der Waals surface area contributed by atoms with Gasteiger partial charge in [-0.2, -0.15) is 0 Å². The third kappa shape index (κ3) is 9.02. The molecule has 13 atom stereocenters. The van der Waals surface area contributed by atoms with Crippen molar-refractivity contribution in [1.82, 2.24) is 10.2 Å². The van der Waals surface area contributed by atoms with Crippen LogP contribution in [0.2, 0.25) is 0 Å². The predicted octanol–water partition coefficient (Wildman–Crippen LogP) is 2.56. The van der Waals surface area contributed by atoms with Crippen molar-refractivity contribution in [2.45, 2.75) is 142 Å². The fourth-order valence-electron chi connectivity index (χ4n) is 7.36. The number of aliphatic hydroxyl groups is 1. The molecule has 4 saturated heterocycles. The zero-order valence-electron chi connectivity index (χ0n) is 30.6. The van der Waals surface area contributed by atoms with Gasteiger partial charge in [0.05, 0.1) is 43.0 Å². The monoisotopic (exact) mass is 682 g/mol. The largest absolute Gasteiger partial charge is 0.459 e. The van der Waals surface area contributed by atoms with Crippen molar-refractivity contribution >= 4 is 23.6 Å². The smallest absolute Gasteiger partial charge is 0.316 e. The number of carbonyl (C=O) groups excluding carboxylic acids is 4. The summed E-state index contributed by atoms with van der Waals surface area (Å²) in [5, 5.41) is 14.9. The number of ketones is 1. The number of likely N-dealkylation sites (N-methyl/N-ethyl adjacent to an activating group) is 1. The minimum Gasteiger partial charge on any atom is -0.459 e. The Morgan fingerprint density at radius 1 is 1.08 bits per heavy atom. The van der Waals surface area contributed by atoms with Gasteiger partial charge in [0.15, 0.2) is 18.2 Å². The summed E-state index contributed by atoms with van der Waals surface area (Å²) in [5.74, 6) is -5.31. The molecule has 1 amide bonds. The van der Waals surface area contributed by atoms with Crippen LogP contribution < -0.4 is 5.32 Å². The van der Waals surface area contributed by atoms with E-state index in [4.69, 9.17) is 28.4 Å². The second kappa shape index (κ2) is 16.1. The first-order valence-corrected chi connectivity index (χ1v) is 17.1. The van der Waals surface area contributed by atoms with Crippen LogP contribution in [0.1, 0.15) is 81.6 Å². The number of carbonyl (C=O) groups is 4. The number of hydrogen-bond acceptors (Lipinski definition) is 12. The highest BCUT2D eigenvalue weighted by Gasteiger charge is 2.52. The van der Waals surface area contributed by atoms with Crippen molar-refractivity contribution in [3.05, 3.63) is 12.2 Å². The Morgan fingerprint density at radius 3 is 2.31 bits per heavy atom. The Morgan fingerprint density at radius 2 is 1.73 bits per heavy atom. The normalized spacial score (nSPS) is 42.5. The summed E-state index contributed by atoms with van der Waals surface area (Å²) in [6.45, 7) is 18.8. The topological polar surface area (TPSA) is 159 Å². The van der Waals surface area contributed by atoms with Crippen LogP contribution in [0.5, 0.6) is 0 Å². The van der Waals surface area contributed by atoms with Crippen molar-refractivity contribution < 1.29 is 52.7 Å². The summed E-state index contributed by atoms with van der Waals surface area (Å²) in [6, 6.07) is -0.776. The third-order valence-corrected chi connectivity index (χ3v) is 10.0. The molecule has 0 aromatic rings. The van der Waals surface area contributed by atoms with Gasteiger partial charge in [-0.25, -0.2) is 0 Å². The molecule has 0 saturated carbocycles. The number of amides is 1. The van der Waals surface area contributed by atoms with Crippen LogP contribution in [0.3, 0.4) is 0 Å². The molecule has 0 aromatic heterocycles. The molecule has 4 fully saturated rings. The van der Waals surface area contributed by atoms with Crippen LogP contribution in [-0.4, -0.2) is 121 Å². The quantitative estimate of drug-likeness (QED) is 0.248. The molecule has 274 valence electrons. The Kier molecular flexibility index (Phi) is 13.4. The number of fused-ring (bicyclic) bond motifs is 15. The maximum Gasteiger partial charge on any atom is 0.316 e. The van der Waals surface area contributed by atoms with E-state index in [2.05, 4.69) is 11.9 Å². The minimum atomic E-state index is -1.81. The molecule has 48 heavy (non-hydrogen) atoms. The fourth-order valence-corrected chi connectivity index (χ4v) is 7.36. The molecule has 0 spiro atoms. The average molecular weight is 683 g/mol. The van der Waals surface area contributed by atoms with Crippen molar-refractivity contribution in [1.29, 1.82) is 0 Å². The van der Waals surface area contributed by atoms with E-state index in [0.717, 1.165) is 0 Å². The van der Waals surface area contributed by atoms with E-state index >= 15 is 0 Å². The first-order chi connectivity index (χ1) is 22.2. The maximum atomic E-state index is 14.2. The molecular weight excluding hydrogens is 624 g/mol. The first kappa shape index (κ1) is 40.0. The highest BCUT2D eigenvalue weighted by molar-refractivity contribution is 6.00. The lowest BCUT2D eigenvalue weighted by Gasteiger charge is -2.48. The van der Waals surface area contributed by atoms with Gasteiger partial charge >= 0.3 is 11.9 Å². The average Bonchev–Trinajstić information content (AvgIpc) is 2.99. The molecule has 0 unspecified atom stereocenters. The zero-order valence-corrected chi connectivity index (χ0v) is 30.6. The van der Waals surface area contributed by atoms with Gasteiger partial charge in [-0.05, 0) is 73.5 Å². The van der Waals surface area contributed by atoms with Crippen LogP contribution in [0, 0.1) is 17.8 Å². The lowest BCUT2D eigenvalue weighted by Crippen LogP contribution is -2.61. The number of rotatable bonds is 5. The predicted molar refractivity (Wildman–Crippen MR) is 176 cm³/mol. The second-order valence-corrected chi connectivity index (χ2v) is 14.7. The van der Waals surface area contributed by atoms with E-state index in [0.29, 0.717) is 12.0 Å². The summed E-state index contributed by atoms with van der Waals surface area (Å²) in [6.07, 6.45) is -4.59. The number of nitrogens with one attached hydrogen (secondary N) is 1. The molecule has 4 heterocycles. The van der Waals surface area contributed by atoms with Crippen LogP contribution in [0.15, 0.2) is 12.2 Å². The number of nitrogens with zero attached hydrogens (tertiary/aromatic N) is 1. The van der Waals surface area contributed by atoms with Crippen LogP contribution in [-0.2, 0) is 47.6 Å². The molecule has 13 nitrogen and oxygen atoms in total. The number of ether oxygens (including phenoxy) is 6. The van der Waals surface area contributed by atoms with Gasteiger partial charge in [0.25, 0.3) is 0 Å².